The molecule has 0 spiro atoms. The van der Waals surface area contributed by atoms with Gasteiger partial charge in [-0.2, -0.15) is 0 Å². The van der Waals surface area contributed by atoms with Crippen LogP contribution >= 0.6 is 0 Å². The fraction of sp³-hybridized carbons (Fsp3) is 0.571. The molecule has 3 heteroatoms. The van der Waals surface area contributed by atoms with E-state index >= 15 is 0 Å². The van der Waals surface area contributed by atoms with E-state index in [9.17, 15) is 0 Å². The number of hydrogen-bond acceptors (Lipinski definition) is 3. The summed E-state index contributed by atoms with van der Waals surface area (Å²) in [6.45, 7) is 2.94. The Kier molecular flexibility index (Phi) is 6.67. The summed E-state index contributed by atoms with van der Waals surface area (Å²) in [6.07, 6.45) is 4.84. The number of rotatable bonds is 8. The highest BCUT2D eigenvalue weighted by Gasteiger charge is 2.03. The summed E-state index contributed by atoms with van der Waals surface area (Å²) in [5, 5.41) is 8.93. The van der Waals surface area contributed by atoms with Crippen molar-refractivity contribution < 1.29 is 9.84 Å². The first-order chi connectivity index (χ1) is 8.27. The van der Waals surface area contributed by atoms with E-state index in [1.807, 2.05) is 24.3 Å². The topological polar surface area (TPSA) is 55.5 Å². The number of aliphatic hydroxyl groups excluding tert-OH is 1. The van der Waals surface area contributed by atoms with E-state index in [4.69, 9.17) is 15.6 Å². The minimum Gasteiger partial charge on any atom is -0.494 e. The van der Waals surface area contributed by atoms with Crippen molar-refractivity contribution in [3.8, 4) is 5.75 Å². The summed E-state index contributed by atoms with van der Waals surface area (Å²) in [5.41, 5.74) is 6.64. The second kappa shape index (κ2) is 8.09. The van der Waals surface area contributed by atoms with Gasteiger partial charge in [-0.05, 0) is 24.1 Å². The Balaban J connectivity index is 2.30. The predicted octanol–water partition coefficient (Wildman–Crippen LogP) is 2.64. The molecule has 17 heavy (non-hydrogen) atoms. The fourth-order valence-electron chi connectivity index (χ4n) is 1.64. The molecular formula is C14H23NO2. The average molecular weight is 237 g/mol. The Hall–Kier alpha value is -1.06. The Morgan fingerprint density at radius 3 is 2.47 bits per heavy atom. The van der Waals surface area contributed by atoms with Crippen molar-refractivity contribution in [3.63, 3.8) is 0 Å². The zero-order chi connectivity index (χ0) is 12.5. The van der Waals surface area contributed by atoms with Crippen LogP contribution in [-0.4, -0.2) is 18.3 Å². The largest absolute Gasteiger partial charge is 0.494 e. The Labute approximate surface area is 104 Å². The lowest BCUT2D eigenvalue weighted by atomic mass is 10.1. The van der Waals surface area contributed by atoms with Crippen molar-refractivity contribution in [2.24, 2.45) is 5.73 Å². The molecule has 0 aliphatic heterocycles. The lowest BCUT2D eigenvalue weighted by Gasteiger charge is -2.10. The SMILES string of the molecule is CCCCCCOc1ccc([C@H](N)CO)cc1. The summed E-state index contributed by atoms with van der Waals surface area (Å²) in [7, 11) is 0. The second-order valence-corrected chi connectivity index (χ2v) is 4.27. The van der Waals surface area contributed by atoms with Gasteiger partial charge in [0.15, 0.2) is 0 Å². The van der Waals surface area contributed by atoms with Gasteiger partial charge in [0.1, 0.15) is 5.75 Å². The van der Waals surface area contributed by atoms with Crippen LogP contribution in [0.5, 0.6) is 5.75 Å². The number of aliphatic hydroxyl groups is 1. The highest BCUT2D eigenvalue weighted by Crippen LogP contribution is 2.16. The molecule has 0 bridgehead atoms. The van der Waals surface area contributed by atoms with Gasteiger partial charge in [0.2, 0.25) is 0 Å². The highest BCUT2D eigenvalue weighted by atomic mass is 16.5. The van der Waals surface area contributed by atoms with Crippen LogP contribution < -0.4 is 10.5 Å². The molecule has 0 saturated carbocycles. The van der Waals surface area contributed by atoms with E-state index in [1.54, 1.807) is 0 Å². The molecule has 96 valence electrons. The van der Waals surface area contributed by atoms with Crippen LogP contribution in [0.1, 0.15) is 44.2 Å². The maximum atomic E-state index is 8.93. The lowest BCUT2D eigenvalue weighted by molar-refractivity contribution is 0.267. The number of unbranched alkanes of at least 4 members (excludes halogenated alkanes) is 3. The van der Waals surface area contributed by atoms with Gasteiger partial charge < -0.3 is 15.6 Å². The molecule has 0 radical (unpaired) electrons. The van der Waals surface area contributed by atoms with Crippen LogP contribution in [0.15, 0.2) is 24.3 Å². The first kappa shape index (κ1) is 14.0. The Bertz CT molecular complexity index is 298. The molecule has 0 fully saturated rings. The van der Waals surface area contributed by atoms with Gasteiger partial charge in [0.25, 0.3) is 0 Å². The predicted molar refractivity (Wildman–Crippen MR) is 70.1 cm³/mol. The van der Waals surface area contributed by atoms with Gasteiger partial charge in [0, 0.05) is 0 Å². The number of ether oxygens (including phenoxy) is 1. The van der Waals surface area contributed by atoms with Crippen LogP contribution in [0.2, 0.25) is 0 Å². The van der Waals surface area contributed by atoms with Crippen molar-refractivity contribution in [2.75, 3.05) is 13.2 Å². The zero-order valence-electron chi connectivity index (χ0n) is 10.6. The Morgan fingerprint density at radius 2 is 1.88 bits per heavy atom. The van der Waals surface area contributed by atoms with E-state index in [-0.39, 0.29) is 12.6 Å². The standard InChI is InChI=1S/C14H23NO2/c1-2-3-4-5-10-17-13-8-6-12(7-9-13)14(15)11-16/h6-9,14,16H,2-5,10-11,15H2,1H3/t14-/m1/s1. The van der Waals surface area contributed by atoms with Gasteiger partial charge >= 0.3 is 0 Å². The van der Waals surface area contributed by atoms with Crippen molar-refractivity contribution in [2.45, 2.75) is 38.6 Å². The molecule has 1 aromatic rings. The van der Waals surface area contributed by atoms with Crippen molar-refractivity contribution in [1.29, 1.82) is 0 Å². The first-order valence-corrected chi connectivity index (χ1v) is 6.37. The number of benzene rings is 1. The van der Waals surface area contributed by atoms with Crippen LogP contribution in [-0.2, 0) is 0 Å². The van der Waals surface area contributed by atoms with E-state index in [2.05, 4.69) is 6.92 Å². The van der Waals surface area contributed by atoms with Crippen LogP contribution in [0.25, 0.3) is 0 Å². The minimum absolute atomic E-state index is 0.0305. The quantitative estimate of drug-likeness (QED) is 0.683. The van der Waals surface area contributed by atoms with Gasteiger partial charge in [-0.1, -0.05) is 38.3 Å². The average Bonchev–Trinajstić information content (AvgIpc) is 2.38. The third kappa shape index (κ3) is 5.20. The smallest absolute Gasteiger partial charge is 0.119 e. The van der Waals surface area contributed by atoms with Gasteiger partial charge in [-0.15, -0.1) is 0 Å². The molecule has 1 rings (SSSR count). The summed E-state index contributed by atoms with van der Waals surface area (Å²) in [6, 6.07) is 7.33. The molecule has 0 saturated heterocycles. The molecular weight excluding hydrogens is 214 g/mol. The normalized spacial score (nSPS) is 12.4. The van der Waals surface area contributed by atoms with Gasteiger partial charge in [0.05, 0.1) is 19.3 Å². The molecule has 0 aromatic heterocycles. The van der Waals surface area contributed by atoms with Gasteiger partial charge in [-0.3, -0.25) is 0 Å². The summed E-state index contributed by atoms with van der Waals surface area (Å²) < 4.78 is 5.62. The van der Waals surface area contributed by atoms with E-state index in [0.717, 1.165) is 24.3 Å². The summed E-state index contributed by atoms with van der Waals surface area (Å²) >= 11 is 0. The van der Waals surface area contributed by atoms with Crippen molar-refractivity contribution >= 4 is 0 Å². The molecule has 1 atom stereocenters. The molecule has 3 nitrogen and oxygen atoms in total. The van der Waals surface area contributed by atoms with E-state index in [0.29, 0.717) is 0 Å². The van der Waals surface area contributed by atoms with Gasteiger partial charge in [-0.25, -0.2) is 0 Å². The third-order valence-corrected chi connectivity index (χ3v) is 2.77. The zero-order valence-corrected chi connectivity index (χ0v) is 10.6. The maximum absolute atomic E-state index is 8.93. The molecule has 0 unspecified atom stereocenters. The minimum atomic E-state index is -0.298. The fourth-order valence-corrected chi connectivity index (χ4v) is 1.64. The van der Waals surface area contributed by atoms with Crippen molar-refractivity contribution in [1.82, 2.24) is 0 Å². The van der Waals surface area contributed by atoms with E-state index in [1.165, 1.54) is 19.3 Å². The molecule has 0 amide bonds. The van der Waals surface area contributed by atoms with E-state index < -0.39 is 0 Å². The molecule has 1 aromatic carbocycles. The Morgan fingerprint density at radius 1 is 1.18 bits per heavy atom. The third-order valence-electron chi connectivity index (χ3n) is 2.77. The lowest BCUT2D eigenvalue weighted by Crippen LogP contribution is -2.14. The molecule has 3 N–H and O–H groups in total. The number of nitrogens with two attached hydrogens (primary N) is 1. The summed E-state index contributed by atoms with van der Waals surface area (Å²) in [4.78, 5) is 0. The monoisotopic (exact) mass is 237 g/mol. The summed E-state index contributed by atoms with van der Waals surface area (Å²) in [5.74, 6) is 0.871. The molecule has 0 aliphatic rings. The number of hydrogen-bond donors (Lipinski definition) is 2. The first-order valence-electron chi connectivity index (χ1n) is 6.37. The van der Waals surface area contributed by atoms with Crippen LogP contribution in [0.3, 0.4) is 0 Å². The highest BCUT2D eigenvalue weighted by molar-refractivity contribution is 5.29. The van der Waals surface area contributed by atoms with Crippen LogP contribution in [0.4, 0.5) is 0 Å². The second-order valence-electron chi connectivity index (χ2n) is 4.27. The maximum Gasteiger partial charge on any atom is 0.119 e. The molecule has 0 aliphatic carbocycles. The van der Waals surface area contributed by atoms with Crippen molar-refractivity contribution in [3.05, 3.63) is 29.8 Å². The van der Waals surface area contributed by atoms with Crippen LogP contribution in [0, 0.1) is 0 Å². The molecule has 0 heterocycles.